The minimum absolute atomic E-state index is 0.000203. The Balaban J connectivity index is 1.71. The van der Waals surface area contributed by atoms with Crippen molar-refractivity contribution in [2.75, 3.05) is 5.32 Å². The lowest BCUT2D eigenvalue weighted by Crippen LogP contribution is -2.24. The summed E-state index contributed by atoms with van der Waals surface area (Å²) < 4.78 is 0. The average molecular weight is 361 g/mol. The summed E-state index contributed by atoms with van der Waals surface area (Å²) in [6, 6.07) is 14.1. The lowest BCUT2D eigenvalue weighted by Gasteiger charge is -2.09. The molecule has 27 heavy (non-hydrogen) atoms. The molecule has 0 saturated carbocycles. The second-order valence-electron chi connectivity index (χ2n) is 5.98. The molecule has 0 fully saturated rings. The monoisotopic (exact) mass is 361 g/mol. The van der Waals surface area contributed by atoms with Gasteiger partial charge in [-0.1, -0.05) is 6.07 Å². The normalized spacial score (nSPS) is 10.3. The first kappa shape index (κ1) is 18.2. The maximum Gasteiger partial charge on any atom is 0.270 e. The van der Waals surface area contributed by atoms with E-state index in [0.717, 1.165) is 11.4 Å². The summed E-state index contributed by atoms with van der Waals surface area (Å²) in [4.78, 5) is 36.5. The second kappa shape index (κ2) is 8.18. The van der Waals surface area contributed by atoms with E-state index < -0.39 is 0 Å². The smallest absolute Gasteiger partial charge is 0.270 e. The van der Waals surface area contributed by atoms with Crippen molar-refractivity contribution in [2.24, 2.45) is 0 Å². The zero-order valence-electron chi connectivity index (χ0n) is 15.1. The number of anilines is 2. The molecule has 7 heteroatoms. The van der Waals surface area contributed by atoms with E-state index in [-0.39, 0.29) is 17.4 Å². The van der Waals surface area contributed by atoms with E-state index in [1.54, 1.807) is 43.5 Å². The van der Waals surface area contributed by atoms with Gasteiger partial charge in [0.05, 0.1) is 12.2 Å². The van der Waals surface area contributed by atoms with Gasteiger partial charge in [0.25, 0.3) is 5.91 Å². The maximum atomic E-state index is 12.4. The molecule has 1 amide bonds. The number of aryl methyl sites for hydroxylation is 1. The molecule has 1 aromatic carbocycles. The van der Waals surface area contributed by atoms with Gasteiger partial charge in [-0.05, 0) is 56.3 Å². The van der Waals surface area contributed by atoms with Gasteiger partial charge in [-0.15, -0.1) is 0 Å². The number of ketones is 1. The molecule has 0 unspecified atom stereocenters. The van der Waals surface area contributed by atoms with Gasteiger partial charge in [0.15, 0.2) is 5.78 Å². The number of carbonyl (C=O) groups excluding carboxylic acids is 2. The highest BCUT2D eigenvalue weighted by Crippen LogP contribution is 2.15. The Morgan fingerprint density at radius 3 is 2.48 bits per heavy atom. The molecule has 0 radical (unpaired) electrons. The van der Waals surface area contributed by atoms with Gasteiger partial charge in [0.2, 0.25) is 5.95 Å². The van der Waals surface area contributed by atoms with Crippen molar-refractivity contribution in [2.45, 2.75) is 20.4 Å². The summed E-state index contributed by atoms with van der Waals surface area (Å²) >= 11 is 0. The molecule has 0 aliphatic heterocycles. The van der Waals surface area contributed by atoms with Crippen LogP contribution in [0.15, 0.2) is 54.7 Å². The lowest BCUT2D eigenvalue weighted by molar-refractivity contribution is 0.0944. The van der Waals surface area contributed by atoms with E-state index in [2.05, 4.69) is 25.6 Å². The number of Topliss-reactive ketones (excluding diaryl/α,β-unsaturated/α-hetero) is 1. The van der Waals surface area contributed by atoms with Crippen LogP contribution in [0.5, 0.6) is 0 Å². The van der Waals surface area contributed by atoms with Crippen LogP contribution in [-0.4, -0.2) is 26.6 Å². The Labute approximate surface area is 156 Å². The van der Waals surface area contributed by atoms with Crippen molar-refractivity contribution >= 4 is 23.3 Å². The first-order chi connectivity index (χ1) is 13.0. The Morgan fingerprint density at radius 1 is 1.04 bits per heavy atom. The van der Waals surface area contributed by atoms with Crippen LogP contribution in [0.25, 0.3) is 0 Å². The Hall–Kier alpha value is -3.61. The molecule has 0 spiro atoms. The predicted octanol–water partition coefficient (Wildman–Crippen LogP) is 3.06. The summed E-state index contributed by atoms with van der Waals surface area (Å²) in [6.45, 7) is 3.63. The van der Waals surface area contributed by atoms with Gasteiger partial charge in [-0.25, -0.2) is 9.97 Å². The average Bonchev–Trinajstić information content (AvgIpc) is 2.67. The molecule has 3 aromatic rings. The molecule has 2 heterocycles. The van der Waals surface area contributed by atoms with E-state index in [1.807, 2.05) is 18.2 Å². The molecule has 7 nitrogen and oxygen atoms in total. The van der Waals surface area contributed by atoms with Crippen LogP contribution in [-0.2, 0) is 6.54 Å². The fourth-order valence-corrected chi connectivity index (χ4v) is 2.42. The number of rotatable bonds is 6. The Kier molecular flexibility index (Phi) is 5.51. The summed E-state index contributed by atoms with van der Waals surface area (Å²) in [6.07, 6.45) is 1.68. The third kappa shape index (κ3) is 4.94. The van der Waals surface area contributed by atoms with Crippen molar-refractivity contribution < 1.29 is 9.59 Å². The number of aromatic nitrogens is 3. The largest absolute Gasteiger partial charge is 0.345 e. The molecule has 0 saturated heterocycles. The molecule has 3 rings (SSSR count). The van der Waals surface area contributed by atoms with Gasteiger partial charge < -0.3 is 10.6 Å². The number of nitrogens with zero attached hydrogens (tertiary/aromatic N) is 3. The summed E-state index contributed by atoms with van der Waals surface area (Å²) in [5, 5.41) is 5.85. The summed E-state index contributed by atoms with van der Waals surface area (Å²) in [7, 11) is 0. The zero-order valence-corrected chi connectivity index (χ0v) is 15.1. The molecule has 136 valence electrons. The molecular weight excluding hydrogens is 342 g/mol. The number of nitrogens with one attached hydrogen (secondary N) is 2. The maximum absolute atomic E-state index is 12.4. The Morgan fingerprint density at radius 2 is 1.81 bits per heavy atom. The summed E-state index contributed by atoms with van der Waals surface area (Å²) in [5.74, 6) is 0.00918. The van der Waals surface area contributed by atoms with Gasteiger partial charge in [-0.3, -0.25) is 14.6 Å². The third-order valence-electron chi connectivity index (χ3n) is 3.79. The number of amides is 1. The van der Waals surface area contributed by atoms with Crippen molar-refractivity contribution in [3.8, 4) is 0 Å². The van der Waals surface area contributed by atoms with Crippen molar-refractivity contribution in [3.63, 3.8) is 0 Å². The molecule has 2 N–H and O–H groups in total. The van der Waals surface area contributed by atoms with Crippen LogP contribution in [0.1, 0.15) is 39.2 Å². The van der Waals surface area contributed by atoms with Crippen molar-refractivity contribution in [1.82, 2.24) is 20.3 Å². The highest BCUT2D eigenvalue weighted by atomic mass is 16.2. The molecular formula is C20H19N5O2. The first-order valence-corrected chi connectivity index (χ1v) is 8.43. The number of hydrogen-bond donors (Lipinski definition) is 2. The minimum Gasteiger partial charge on any atom is -0.345 e. The van der Waals surface area contributed by atoms with E-state index in [9.17, 15) is 9.59 Å². The van der Waals surface area contributed by atoms with Crippen LogP contribution in [0.2, 0.25) is 0 Å². The second-order valence-corrected chi connectivity index (χ2v) is 5.98. The molecule has 0 atom stereocenters. The zero-order chi connectivity index (χ0) is 19.2. The van der Waals surface area contributed by atoms with E-state index in [1.165, 1.54) is 6.92 Å². The van der Waals surface area contributed by atoms with Gasteiger partial charge >= 0.3 is 0 Å². The van der Waals surface area contributed by atoms with Crippen molar-refractivity contribution in [1.29, 1.82) is 0 Å². The lowest BCUT2D eigenvalue weighted by atomic mass is 10.1. The Bertz CT molecular complexity index is 956. The third-order valence-corrected chi connectivity index (χ3v) is 3.79. The van der Waals surface area contributed by atoms with Crippen LogP contribution < -0.4 is 10.6 Å². The minimum atomic E-state index is -0.305. The van der Waals surface area contributed by atoms with Crippen molar-refractivity contribution in [3.05, 3.63) is 77.4 Å². The van der Waals surface area contributed by atoms with Crippen LogP contribution >= 0.6 is 0 Å². The predicted molar refractivity (Wildman–Crippen MR) is 102 cm³/mol. The number of pyridine rings is 1. The quantitative estimate of drug-likeness (QED) is 0.655. The van der Waals surface area contributed by atoms with Gasteiger partial charge in [-0.2, -0.15) is 0 Å². The molecule has 2 aromatic heterocycles. The SMILES string of the molecule is CC(=O)c1ccc(Nc2nc(C)cc(C(=O)NCc3ccccn3)n2)cc1. The molecule has 0 bridgehead atoms. The number of benzene rings is 1. The number of carbonyl (C=O) groups is 2. The number of hydrogen-bond acceptors (Lipinski definition) is 6. The topological polar surface area (TPSA) is 96.9 Å². The fraction of sp³-hybridized carbons (Fsp3) is 0.150. The van der Waals surface area contributed by atoms with E-state index >= 15 is 0 Å². The van der Waals surface area contributed by atoms with Crippen LogP contribution in [0.3, 0.4) is 0 Å². The van der Waals surface area contributed by atoms with E-state index in [4.69, 9.17) is 0 Å². The molecule has 0 aliphatic carbocycles. The van der Waals surface area contributed by atoms with Crippen LogP contribution in [0.4, 0.5) is 11.6 Å². The highest BCUT2D eigenvalue weighted by Gasteiger charge is 2.11. The van der Waals surface area contributed by atoms with E-state index in [0.29, 0.717) is 23.8 Å². The highest BCUT2D eigenvalue weighted by molar-refractivity contribution is 5.94. The van der Waals surface area contributed by atoms with Gasteiger partial charge in [0, 0.05) is 23.1 Å². The fourth-order valence-electron chi connectivity index (χ4n) is 2.42. The van der Waals surface area contributed by atoms with Gasteiger partial charge in [0.1, 0.15) is 5.69 Å². The molecule has 0 aliphatic rings. The first-order valence-electron chi connectivity index (χ1n) is 8.43. The van der Waals surface area contributed by atoms with Crippen LogP contribution in [0, 0.1) is 6.92 Å². The standard InChI is InChI=1S/C20H19N5O2/c1-13-11-18(19(27)22-12-17-5-3-4-10-21-17)25-20(23-13)24-16-8-6-15(7-9-16)14(2)26/h3-11H,12H2,1-2H3,(H,22,27)(H,23,24,25). The summed E-state index contributed by atoms with van der Waals surface area (Å²) in [5.41, 5.74) is 3.04.